The van der Waals surface area contributed by atoms with Gasteiger partial charge in [-0.2, -0.15) is 0 Å². The number of hydrogen-bond donors (Lipinski definition) is 1. The van der Waals surface area contributed by atoms with Gasteiger partial charge in [0, 0.05) is 47.2 Å². The molecule has 0 aromatic carbocycles. The maximum Gasteiger partial charge on any atom is 0.500 e. The van der Waals surface area contributed by atoms with Gasteiger partial charge in [-0.3, -0.25) is 0 Å². The predicted octanol–water partition coefficient (Wildman–Crippen LogP) is 3.34. The van der Waals surface area contributed by atoms with Gasteiger partial charge in [0.1, 0.15) is 0 Å². The molecule has 1 N–H and O–H groups in total. The summed E-state index contributed by atoms with van der Waals surface area (Å²) >= 11 is 0. The molecule has 0 aromatic heterocycles. The summed E-state index contributed by atoms with van der Waals surface area (Å²) in [5.41, 5.74) is 0. The second kappa shape index (κ2) is 16.0. The number of aliphatic hydroxyl groups excluding tert-OH is 1. The SMILES string of the molecule is CCO[Si](C)(CCCCCC(O)COCCC[Si](OC)(OC)OC)OCC. The molecular formula is C18H42O7Si2. The van der Waals surface area contributed by atoms with E-state index in [1.54, 1.807) is 21.3 Å². The van der Waals surface area contributed by atoms with Crippen LogP contribution in [0.3, 0.4) is 0 Å². The molecule has 0 amide bonds. The molecule has 0 saturated carbocycles. The van der Waals surface area contributed by atoms with Crippen molar-refractivity contribution >= 4 is 17.4 Å². The molecule has 164 valence electrons. The highest BCUT2D eigenvalue weighted by Gasteiger charge is 2.36. The third kappa shape index (κ3) is 12.3. The minimum absolute atomic E-state index is 0.367. The van der Waals surface area contributed by atoms with E-state index < -0.39 is 23.5 Å². The zero-order valence-corrected chi connectivity index (χ0v) is 20.3. The Morgan fingerprint density at radius 3 is 1.93 bits per heavy atom. The molecule has 0 saturated heterocycles. The summed E-state index contributed by atoms with van der Waals surface area (Å²) in [6.07, 6.45) is 4.26. The lowest BCUT2D eigenvalue weighted by Crippen LogP contribution is -2.42. The van der Waals surface area contributed by atoms with Crippen LogP contribution >= 0.6 is 0 Å². The number of rotatable bonds is 19. The van der Waals surface area contributed by atoms with Crippen LogP contribution in [0.1, 0.15) is 46.0 Å². The topological polar surface area (TPSA) is 75.6 Å². The normalized spacial score (nSPS) is 13.9. The Balaban J connectivity index is 3.76. The summed E-state index contributed by atoms with van der Waals surface area (Å²) in [6, 6.07) is 1.71. The predicted molar refractivity (Wildman–Crippen MR) is 111 cm³/mol. The van der Waals surface area contributed by atoms with Gasteiger partial charge in [-0.05, 0) is 39.3 Å². The maximum atomic E-state index is 10.0. The average molecular weight is 427 g/mol. The van der Waals surface area contributed by atoms with E-state index in [0.717, 1.165) is 38.1 Å². The molecule has 0 fully saturated rings. The lowest BCUT2D eigenvalue weighted by Gasteiger charge is -2.25. The van der Waals surface area contributed by atoms with E-state index in [4.69, 9.17) is 26.9 Å². The van der Waals surface area contributed by atoms with E-state index in [1.807, 2.05) is 13.8 Å². The first-order chi connectivity index (χ1) is 12.9. The van der Waals surface area contributed by atoms with E-state index in [2.05, 4.69) is 6.55 Å². The van der Waals surface area contributed by atoms with Crippen molar-refractivity contribution in [2.45, 2.75) is 70.7 Å². The Morgan fingerprint density at radius 2 is 1.41 bits per heavy atom. The fourth-order valence-corrected chi connectivity index (χ4v) is 7.22. The van der Waals surface area contributed by atoms with E-state index in [0.29, 0.717) is 32.5 Å². The van der Waals surface area contributed by atoms with Crippen LogP contribution in [-0.2, 0) is 26.9 Å². The molecule has 0 aliphatic heterocycles. The molecule has 0 rings (SSSR count). The lowest BCUT2D eigenvalue weighted by atomic mass is 10.1. The summed E-state index contributed by atoms with van der Waals surface area (Å²) < 4.78 is 33.4. The van der Waals surface area contributed by atoms with Gasteiger partial charge in [0.25, 0.3) is 0 Å². The fraction of sp³-hybridized carbons (Fsp3) is 1.00. The molecule has 1 atom stereocenters. The summed E-state index contributed by atoms with van der Waals surface area (Å²) in [4.78, 5) is 0. The molecule has 0 spiro atoms. The van der Waals surface area contributed by atoms with Crippen LogP contribution in [0.5, 0.6) is 0 Å². The minimum Gasteiger partial charge on any atom is -0.395 e. The van der Waals surface area contributed by atoms with Gasteiger partial charge in [-0.15, -0.1) is 0 Å². The van der Waals surface area contributed by atoms with Crippen molar-refractivity contribution in [1.82, 2.24) is 0 Å². The fourth-order valence-electron chi connectivity index (χ4n) is 3.05. The van der Waals surface area contributed by atoms with E-state index >= 15 is 0 Å². The van der Waals surface area contributed by atoms with Crippen LogP contribution in [0.2, 0.25) is 18.6 Å². The zero-order chi connectivity index (χ0) is 20.6. The van der Waals surface area contributed by atoms with Crippen LogP contribution in [-0.4, -0.2) is 76.3 Å². The van der Waals surface area contributed by atoms with Crippen LogP contribution in [0.15, 0.2) is 0 Å². The van der Waals surface area contributed by atoms with Gasteiger partial charge < -0.3 is 32.0 Å². The summed E-state index contributed by atoms with van der Waals surface area (Å²) in [5.74, 6) is 0. The lowest BCUT2D eigenvalue weighted by molar-refractivity contribution is 0.0297. The van der Waals surface area contributed by atoms with Gasteiger partial charge in [0.2, 0.25) is 0 Å². The molecular weight excluding hydrogens is 384 g/mol. The Hall–Kier alpha value is 0.154. The van der Waals surface area contributed by atoms with Crippen LogP contribution in [0, 0.1) is 0 Å². The molecule has 0 aliphatic carbocycles. The first-order valence-electron chi connectivity index (χ1n) is 10.1. The van der Waals surface area contributed by atoms with Crippen molar-refractivity contribution in [3.05, 3.63) is 0 Å². The van der Waals surface area contributed by atoms with Crippen molar-refractivity contribution in [3.8, 4) is 0 Å². The Labute approximate surface area is 168 Å². The summed E-state index contributed by atoms with van der Waals surface area (Å²) in [5, 5.41) is 10.0. The number of unbranched alkanes of at least 4 members (excludes halogenated alkanes) is 2. The first kappa shape index (κ1) is 27.2. The van der Waals surface area contributed by atoms with Crippen LogP contribution < -0.4 is 0 Å². The minimum atomic E-state index is -2.51. The Kier molecular flexibility index (Phi) is 16.1. The molecule has 0 radical (unpaired) electrons. The van der Waals surface area contributed by atoms with Crippen molar-refractivity contribution in [1.29, 1.82) is 0 Å². The molecule has 0 bridgehead atoms. The van der Waals surface area contributed by atoms with Crippen LogP contribution in [0.4, 0.5) is 0 Å². The van der Waals surface area contributed by atoms with Crippen molar-refractivity contribution in [2.24, 2.45) is 0 Å². The molecule has 0 aliphatic rings. The summed E-state index contributed by atoms with van der Waals surface area (Å²) in [7, 11) is 0.318. The quantitative estimate of drug-likeness (QED) is 0.251. The smallest absolute Gasteiger partial charge is 0.395 e. The molecule has 27 heavy (non-hydrogen) atoms. The van der Waals surface area contributed by atoms with E-state index in [1.165, 1.54) is 0 Å². The van der Waals surface area contributed by atoms with E-state index in [-0.39, 0.29) is 0 Å². The van der Waals surface area contributed by atoms with Gasteiger partial charge in [-0.1, -0.05) is 19.3 Å². The van der Waals surface area contributed by atoms with E-state index in [9.17, 15) is 5.11 Å². The highest BCUT2D eigenvalue weighted by Crippen LogP contribution is 2.19. The average Bonchev–Trinajstić information content (AvgIpc) is 2.65. The Bertz CT molecular complexity index is 329. The standard InChI is InChI=1S/C18H42O7Si2/c1-7-24-26(6,25-8-2)15-11-9-10-13-18(19)17-23-14-12-16-27(20-3,21-4)22-5/h18-19H,7-17H2,1-6H3. The largest absolute Gasteiger partial charge is 0.500 e. The molecule has 0 aromatic rings. The van der Waals surface area contributed by atoms with Gasteiger partial charge >= 0.3 is 17.4 Å². The Morgan fingerprint density at radius 1 is 0.815 bits per heavy atom. The van der Waals surface area contributed by atoms with Crippen molar-refractivity contribution in [3.63, 3.8) is 0 Å². The van der Waals surface area contributed by atoms with Crippen LogP contribution in [0.25, 0.3) is 0 Å². The second-order valence-corrected chi connectivity index (χ2v) is 13.2. The highest BCUT2D eigenvalue weighted by atomic mass is 28.4. The molecule has 9 heteroatoms. The molecule has 7 nitrogen and oxygen atoms in total. The van der Waals surface area contributed by atoms with Crippen molar-refractivity contribution in [2.75, 3.05) is 47.8 Å². The maximum absolute atomic E-state index is 10.0. The monoisotopic (exact) mass is 426 g/mol. The van der Waals surface area contributed by atoms with Gasteiger partial charge in [0.15, 0.2) is 0 Å². The van der Waals surface area contributed by atoms with Gasteiger partial charge in [-0.25, -0.2) is 0 Å². The third-order valence-corrected chi connectivity index (χ3v) is 10.5. The summed E-state index contributed by atoms with van der Waals surface area (Å²) in [6.45, 7) is 8.52. The molecule has 1 unspecified atom stereocenters. The first-order valence-corrected chi connectivity index (χ1v) is 14.6. The van der Waals surface area contributed by atoms with Crippen molar-refractivity contribution < 1.29 is 32.0 Å². The second-order valence-electron chi connectivity index (χ2n) is 6.73. The number of aliphatic hydroxyl groups is 1. The van der Waals surface area contributed by atoms with Gasteiger partial charge in [0.05, 0.1) is 12.7 Å². The number of hydrogen-bond acceptors (Lipinski definition) is 7. The number of ether oxygens (including phenoxy) is 1. The third-order valence-electron chi connectivity index (χ3n) is 4.58. The molecule has 0 heterocycles. The zero-order valence-electron chi connectivity index (χ0n) is 18.3. The highest BCUT2D eigenvalue weighted by molar-refractivity contribution is 6.66.